The number of aliphatic hydroxyl groups is 3. The summed E-state index contributed by atoms with van der Waals surface area (Å²) in [5.74, 6) is 2.77. The van der Waals surface area contributed by atoms with Crippen LogP contribution >= 0.6 is 0 Å². The molecule has 3 saturated carbocycles. The van der Waals surface area contributed by atoms with E-state index in [1.54, 1.807) is 78.2 Å². The Bertz CT molecular complexity index is 2480. The summed E-state index contributed by atoms with van der Waals surface area (Å²) in [7, 11) is 18.2. The molecule has 0 amide bonds. The van der Waals surface area contributed by atoms with Gasteiger partial charge < -0.3 is 101 Å². The summed E-state index contributed by atoms with van der Waals surface area (Å²) in [6.45, 7) is 25.6. The van der Waals surface area contributed by atoms with E-state index in [9.17, 15) is 15.3 Å². The van der Waals surface area contributed by atoms with Crippen LogP contribution in [-0.2, 0) is 85.3 Å². The van der Waals surface area contributed by atoms with E-state index < -0.39 is 110 Å². The Hall–Kier alpha value is -2.40. The van der Waals surface area contributed by atoms with Gasteiger partial charge in [-0.25, -0.2) is 0 Å². The van der Waals surface area contributed by atoms with Crippen molar-refractivity contribution in [2.45, 2.75) is 250 Å². The minimum absolute atomic E-state index is 0.0664. The molecule has 0 aromatic heterocycles. The van der Waals surface area contributed by atoms with E-state index >= 15 is 0 Å². The summed E-state index contributed by atoms with van der Waals surface area (Å²) in [5.41, 5.74) is 2.56. The van der Waals surface area contributed by atoms with Crippen LogP contribution in [0.15, 0.2) is 71.4 Å². The lowest BCUT2D eigenvalue weighted by Crippen LogP contribution is -2.61. The van der Waals surface area contributed by atoms with Crippen molar-refractivity contribution in [2.24, 2.45) is 71.0 Å². The van der Waals surface area contributed by atoms with E-state index in [0.717, 1.165) is 55.2 Å². The molecule has 0 bridgehead atoms. The van der Waals surface area contributed by atoms with Gasteiger partial charge >= 0.3 is 0 Å². The second kappa shape index (κ2) is 42.1. The Balaban J connectivity index is 1.17. The first-order valence-corrected chi connectivity index (χ1v) is 36.9. The van der Waals surface area contributed by atoms with Gasteiger partial charge in [0.2, 0.25) is 0 Å². The fourth-order valence-corrected chi connectivity index (χ4v) is 16.6. The van der Waals surface area contributed by atoms with E-state index in [1.165, 1.54) is 0 Å². The third kappa shape index (κ3) is 21.9. The zero-order chi connectivity index (χ0) is 72.9. The average Bonchev–Trinajstić information content (AvgIpc) is 1.65. The van der Waals surface area contributed by atoms with Crippen LogP contribution in [-0.4, -0.2) is 249 Å². The maximum absolute atomic E-state index is 11.6. The molecule has 3 aliphatic carbocycles. The SMILES string of the molecule is CC[C@H](OC)[C@@H](C)[C@H]1CC1[C@H](O)[C@@H](C)/C=C/C=C(\C)[C@H]1O[C@H](OCCO[C@H]2[C@H](OC)[C@@H](OC)[C@H](OC)O[C@@H]2/C(C)=C/C=C/[C@H](C)[C@@H](O)C2C[C@@H]2[C@H](C)[C@H](CC)OC)[C@H](OC)[C@@H](OC)[C@H]1OCCO[C@H]1O[C@H](/C(C)=C/C=C/[C@H](C)[C@@H](O)C2C[C@@H]2[C@H](C)[C@H](CC)OC)[C@@H](OC)[C@H](OC)[C@H]1OC. The number of hydrogen-bond donors (Lipinski definition) is 3. The topological polar surface area (TPSA) is 227 Å². The molecule has 0 aromatic rings. The van der Waals surface area contributed by atoms with Crippen LogP contribution < -0.4 is 0 Å². The molecule has 3 saturated heterocycles. The molecular formula is C78H134O21. The Morgan fingerprint density at radius 3 is 0.879 bits per heavy atom. The molecule has 99 heavy (non-hydrogen) atoms. The number of hydrogen-bond acceptors (Lipinski definition) is 21. The zero-order valence-electron chi connectivity index (χ0n) is 64.5. The second-order valence-electron chi connectivity index (χ2n) is 29.1. The van der Waals surface area contributed by atoms with Gasteiger partial charge in [0.15, 0.2) is 18.9 Å². The third-order valence-corrected chi connectivity index (χ3v) is 23.1. The predicted molar refractivity (Wildman–Crippen MR) is 380 cm³/mol. The van der Waals surface area contributed by atoms with Gasteiger partial charge in [-0.1, -0.05) is 117 Å². The molecule has 3 N–H and O–H groups in total. The van der Waals surface area contributed by atoms with Crippen molar-refractivity contribution in [1.29, 1.82) is 0 Å². The molecule has 21 nitrogen and oxygen atoms in total. The van der Waals surface area contributed by atoms with Crippen molar-refractivity contribution in [3.05, 3.63) is 71.4 Å². The molecule has 6 fully saturated rings. The lowest BCUT2D eigenvalue weighted by molar-refractivity contribution is -0.318. The lowest BCUT2D eigenvalue weighted by atomic mass is 9.91. The first-order chi connectivity index (χ1) is 47.5. The quantitative estimate of drug-likeness (QED) is 0.0380. The van der Waals surface area contributed by atoms with Gasteiger partial charge in [-0.2, -0.15) is 0 Å². The van der Waals surface area contributed by atoms with Crippen molar-refractivity contribution in [3.8, 4) is 0 Å². The highest BCUT2D eigenvalue weighted by Crippen LogP contribution is 2.52. The number of aliphatic hydroxyl groups excluding tert-OH is 3. The Morgan fingerprint density at radius 2 is 0.606 bits per heavy atom. The van der Waals surface area contributed by atoms with Crippen LogP contribution in [0.4, 0.5) is 0 Å². The number of methoxy groups -OCH3 is 11. The van der Waals surface area contributed by atoms with Crippen molar-refractivity contribution >= 4 is 0 Å². The monoisotopic (exact) mass is 1410 g/mol. The van der Waals surface area contributed by atoms with Gasteiger partial charge in [0.05, 0.1) is 63.1 Å². The van der Waals surface area contributed by atoms with Crippen LogP contribution in [0.2, 0.25) is 0 Å². The maximum atomic E-state index is 11.6. The summed E-state index contributed by atoms with van der Waals surface area (Å²) in [4.78, 5) is 0. The highest BCUT2D eigenvalue weighted by Gasteiger charge is 2.54. The van der Waals surface area contributed by atoms with Crippen molar-refractivity contribution in [3.63, 3.8) is 0 Å². The van der Waals surface area contributed by atoms with E-state index in [-0.39, 0.29) is 80.2 Å². The minimum atomic E-state index is -0.957. The second-order valence-corrected chi connectivity index (χ2v) is 29.1. The smallest absolute Gasteiger partial charge is 0.187 e. The molecule has 3 heterocycles. The maximum Gasteiger partial charge on any atom is 0.187 e. The molecule has 33 atom stereocenters. The molecular weight excluding hydrogens is 1270 g/mol. The van der Waals surface area contributed by atoms with E-state index in [2.05, 4.69) is 55.4 Å². The molecule has 572 valence electrons. The van der Waals surface area contributed by atoms with Crippen LogP contribution in [0.5, 0.6) is 0 Å². The van der Waals surface area contributed by atoms with E-state index in [1.807, 2.05) is 82.4 Å². The molecule has 6 rings (SSSR count). The van der Waals surface area contributed by atoms with Gasteiger partial charge in [-0.3, -0.25) is 0 Å². The predicted octanol–water partition coefficient (Wildman–Crippen LogP) is 10.3. The molecule has 6 aliphatic rings. The number of rotatable bonds is 45. The Morgan fingerprint density at radius 1 is 0.343 bits per heavy atom. The first kappa shape index (κ1) is 85.5. The molecule has 0 spiro atoms. The largest absolute Gasteiger partial charge is 0.392 e. The normalized spacial score (nSPS) is 36.9. The zero-order valence-corrected chi connectivity index (χ0v) is 64.5. The highest BCUT2D eigenvalue weighted by molar-refractivity contribution is 5.22. The average molecular weight is 1410 g/mol. The van der Waals surface area contributed by atoms with Crippen molar-refractivity contribution < 1.29 is 101 Å². The molecule has 0 aromatic carbocycles. The molecule has 3 unspecified atom stereocenters. The van der Waals surface area contributed by atoms with Gasteiger partial charge in [0.1, 0.15) is 73.2 Å². The fraction of sp³-hybridized carbons (Fsp3) is 0.846. The van der Waals surface area contributed by atoms with Crippen molar-refractivity contribution in [1.82, 2.24) is 0 Å². The van der Waals surface area contributed by atoms with E-state index in [4.69, 9.17) is 85.3 Å². The van der Waals surface area contributed by atoms with Gasteiger partial charge in [-0.05, 0) is 129 Å². The lowest BCUT2D eigenvalue weighted by Gasteiger charge is -2.46. The van der Waals surface area contributed by atoms with Gasteiger partial charge in [-0.15, -0.1) is 0 Å². The van der Waals surface area contributed by atoms with Crippen LogP contribution in [0.3, 0.4) is 0 Å². The highest BCUT2D eigenvalue weighted by atomic mass is 16.7. The molecule has 21 heteroatoms. The summed E-state index contributed by atoms with van der Waals surface area (Å²) in [6.07, 6.45) is 12.5. The Labute approximate surface area is 595 Å². The summed E-state index contributed by atoms with van der Waals surface area (Å²) in [6, 6.07) is 0. The Kier molecular flexibility index (Phi) is 36.3. The van der Waals surface area contributed by atoms with Crippen LogP contribution in [0.1, 0.15) is 122 Å². The van der Waals surface area contributed by atoms with Crippen LogP contribution in [0.25, 0.3) is 0 Å². The van der Waals surface area contributed by atoms with Gasteiger partial charge in [0.25, 0.3) is 0 Å². The number of allylic oxidation sites excluding steroid dienone is 6. The summed E-state index contributed by atoms with van der Waals surface area (Å²) in [5, 5.41) is 34.4. The third-order valence-electron chi connectivity index (χ3n) is 23.1. The number of ether oxygens (including phenoxy) is 18. The first-order valence-electron chi connectivity index (χ1n) is 36.9. The molecule has 0 radical (unpaired) electrons. The standard InChI is InChI=1S/C78H134O21/c1-24-58(82-13)49(10)52-40-55(52)61(79)43(4)30-27-33-46(7)64-67(85-16)68(86-17)74(90-21)77(98-64)95-38-37-94-72-66(48(9)35-29-32-45(6)63(81)57-42-54(57)51(12)60(26-3)84-15)99-78(75(91-22)70(72)88-19)96-39-36-93-71-65(97-76(92-23)73(89-20)69(71)87-18)47(8)34-28-31-44(5)62(80)56-41-53(56)50(11)59(25-2)83-14/h27-35,43-45,49-81H,24-26,36-42H2,1-23H3/b30-27+,31-28+,32-29+,46-33+,47-34+,48-35+/t43-,44-,45-,49-,50-,51-,52+,53+,54+,55?,56?,57?,58-,59-,60-,61+,62+,63+,64+,65+,66+,67+,68-,69-,70-,71+,72-,73+,74+,75+,76+,77-,78-/m0/s1. The van der Waals surface area contributed by atoms with Crippen LogP contribution in [0, 0.1) is 71.0 Å². The molecule has 3 aliphatic heterocycles. The van der Waals surface area contributed by atoms with E-state index in [0.29, 0.717) is 35.5 Å². The summed E-state index contributed by atoms with van der Waals surface area (Å²) >= 11 is 0. The summed E-state index contributed by atoms with van der Waals surface area (Å²) < 4.78 is 113. The minimum Gasteiger partial charge on any atom is -0.392 e. The van der Waals surface area contributed by atoms with Crippen molar-refractivity contribution in [2.75, 3.05) is 105 Å². The van der Waals surface area contributed by atoms with Gasteiger partial charge in [0, 0.05) is 96.0 Å². The fourth-order valence-electron chi connectivity index (χ4n) is 16.6.